The van der Waals surface area contributed by atoms with E-state index in [0.29, 0.717) is 18.8 Å². The molecule has 1 aliphatic heterocycles. The number of aromatic hydroxyl groups is 1. The van der Waals surface area contributed by atoms with Crippen molar-refractivity contribution in [2.24, 2.45) is 11.3 Å². The Balaban J connectivity index is 1.54. The number of carboxylic acids is 1. The smallest absolute Gasteiger partial charge is 0.311 e. The van der Waals surface area contributed by atoms with E-state index in [1.807, 2.05) is 36.4 Å². The number of carboxylic acid groups (broad SMARTS) is 1. The van der Waals surface area contributed by atoms with Crippen molar-refractivity contribution in [1.82, 2.24) is 4.90 Å². The molecule has 1 heterocycles. The fourth-order valence-corrected chi connectivity index (χ4v) is 7.48. The Morgan fingerprint density at radius 1 is 1.09 bits per heavy atom. The highest BCUT2D eigenvalue weighted by Gasteiger charge is 2.70. The summed E-state index contributed by atoms with van der Waals surface area (Å²) >= 11 is 0. The third kappa shape index (κ3) is 2.73. The van der Waals surface area contributed by atoms with Gasteiger partial charge in [0.2, 0.25) is 0 Å². The van der Waals surface area contributed by atoms with E-state index in [9.17, 15) is 15.0 Å². The molecule has 3 aromatic rings. The van der Waals surface area contributed by atoms with Gasteiger partial charge < -0.3 is 14.9 Å². The van der Waals surface area contributed by atoms with Crippen LogP contribution >= 0.6 is 0 Å². The minimum Gasteiger partial charge on any atom is -0.504 e. The summed E-state index contributed by atoms with van der Waals surface area (Å²) in [5.74, 6) is -0.281. The summed E-state index contributed by atoms with van der Waals surface area (Å²) in [5.41, 5.74) is 3.22. The van der Waals surface area contributed by atoms with Gasteiger partial charge in [0.15, 0.2) is 11.5 Å². The average Bonchev–Trinajstić information content (AvgIpc) is 3.27. The highest BCUT2D eigenvalue weighted by molar-refractivity contribution is 5.80. The van der Waals surface area contributed by atoms with Gasteiger partial charge in [0.1, 0.15) is 0 Å². The normalized spacial score (nSPS) is 29.4. The van der Waals surface area contributed by atoms with Crippen molar-refractivity contribution >= 4 is 5.97 Å². The molecule has 3 aromatic carbocycles. The number of hydrogen-bond acceptors (Lipinski definition) is 4. The van der Waals surface area contributed by atoms with Crippen LogP contribution in [0.3, 0.4) is 0 Å². The fourth-order valence-electron chi connectivity index (χ4n) is 7.48. The quantitative estimate of drug-likeness (QED) is 0.579. The Labute approximate surface area is 199 Å². The number of hydrogen-bond donors (Lipinski definition) is 2. The van der Waals surface area contributed by atoms with Crippen LogP contribution in [0.4, 0.5) is 0 Å². The second kappa shape index (κ2) is 7.60. The van der Waals surface area contributed by atoms with Crippen LogP contribution in [-0.2, 0) is 16.8 Å². The molecule has 2 fully saturated rings. The van der Waals surface area contributed by atoms with Gasteiger partial charge in [-0.25, -0.2) is 0 Å². The van der Waals surface area contributed by atoms with Crippen LogP contribution in [-0.4, -0.2) is 41.3 Å². The van der Waals surface area contributed by atoms with Crippen molar-refractivity contribution in [2.45, 2.75) is 30.7 Å². The van der Waals surface area contributed by atoms with Crippen molar-refractivity contribution in [3.8, 4) is 11.5 Å². The lowest BCUT2D eigenvalue weighted by molar-refractivity contribution is -0.157. The summed E-state index contributed by atoms with van der Waals surface area (Å²) in [7, 11) is 1.54. The number of benzene rings is 3. The predicted molar refractivity (Wildman–Crippen MR) is 129 cm³/mol. The summed E-state index contributed by atoms with van der Waals surface area (Å²) in [6.07, 6.45) is 1.70. The molecule has 5 nitrogen and oxygen atoms in total. The van der Waals surface area contributed by atoms with E-state index in [2.05, 4.69) is 35.2 Å². The maximum absolute atomic E-state index is 13.2. The number of ether oxygens (including phenoxy) is 1. The summed E-state index contributed by atoms with van der Waals surface area (Å²) < 4.78 is 5.31. The van der Waals surface area contributed by atoms with Gasteiger partial charge >= 0.3 is 5.97 Å². The van der Waals surface area contributed by atoms with E-state index in [0.717, 1.165) is 30.5 Å². The number of methoxy groups -OCH3 is 1. The van der Waals surface area contributed by atoms with Gasteiger partial charge in [-0.1, -0.05) is 60.7 Å². The molecular formula is C29H29NO4. The zero-order valence-corrected chi connectivity index (χ0v) is 19.3. The van der Waals surface area contributed by atoms with E-state index in [1.54, 1.807) is 13.2 Å². The molecule has 0 spiro atoms. The van der Waals surface area contributed by atoms with Crippen molar-refractivity contribution in [3.63, 3.8) is 0 Å². The van der Waals surface area contributed by atoms with Crippen LogP contribution < -0.4 is 4.74 Å². The molecule has 0 amide bonds. The van der Waals surface area contributed by atoms with Crippen LogP contribution in [0.5, 0.6) is 11.5 Å². The topological polar surface area (TPSA) is 70.0 Å². The van der Waals surface area contributed by atoms with Gasteiger partial charge in [-0.15, -0.1) is 0 Å². The van der Waals surface area contributed by atoms with Crippen molar-refractivity contribution in [1.29, 1.82) is 0 Å². The summed E-state index contributed by atoms with van der Waals surface area (Å²) in [5, 5.41) is 21.5. The third-order valence-corrected chi connectivity index (χ3v) is 8.75. The largest absolute Gasteiger partial charge is 0.504 e. The van der Waals surface area contributed by atoms with E-state index >= 15 is 0 Å². The van der Waals surface area contributed by atoms with Gasteiger partial charge in [-0.05, 0) is 47.2 Å². The number of fused-ring (bicyclic) bond motifs is 1. The molecule has 1 saturated heterocycles. The van der Waals surface area contributed by atoms with Crippen LogP contribution in [0.1, 0.15) is 41.0 Å². The van der Waals surface area contributed by atoms with E-state index in [1.165, 1.54) is 11.1 Å². The molecule has 0 radical (unpaired) electrons. The molecule has 4 unspecified atom stereocenters. The first-order valence-electron chi connectivity index (χ1n) is 12.0. The molecule has 5 heteroatoms. The fraction of sp³-hybridized carbons (Fsp3) is 0.345. The Morgan fingerprint density at radius 3 is 2.59 bits per heavy atom. The highest BCUT2D eigenvalue weighted by Crippen LogP contribution is 2.69. The number of carbonyl (C=O) groups is 1. The van der Waals surface area contributed by atoms with Crippen molar-refractivity contribution in [2.75, 3.05) is 20.2 Å². The van der Waals surface area contributed by atoms with Crippen LogP contribution in [0.2, 0.25) is 0 Å². The summed E-state index contributed by atoms with van der Waals surface area (Å²) in [6.45, 7) is 1.98. The second-order valence-electron chi connectivity index (χ2n) is 10.1. The Bertz CT molecular complexity index is 1260. The van der Waals surface area contributed by atoms with Gasteiger partial charge in [-0.3, -0.25) is 9.69 Å². The van der Waals surface area contributed by atoms with Crippen LogP contribution in [0.25, 0.3) is 0 Å². The molecule has 4 aliphatic rings. The average molecular weight is 456 g/mol. The minimum absolute atomic E-state index is 0.0132. The first kappa shape index (κ1) is 21.2. The summed E-state index contributed by atoms with van der Waals surface area (Å²) in [6, 6.07) is 24.3. The zero-order chi connectivity index (χ0) is 23.5. The minimum atomic E-state index is -0.864. The molecule has 3 aliphatic carbocycles. The second-order valence-corrected chi connectivity index (χ2v) is 10.1. The van der Waals surface area contributed by atoms with Crippen molar-refractivity contribution < 1.29 is 19.7 Å². The zero-order valence-electron chi connectivity index (χ0n) is 19.3. The van der Waals surface area contributed by atoms with Gasteiger partial charge in [0, 0.05) is 36.9 Å². The van der Waals surface area contributed by atoms with Gasteiger partial charge in [0.25, 0.3) is 0 Å². The molecule has 1 saturated carbocycles. The first-order valence-corrected chi connectivity index (χ1v) is 12.0. The number of nitrogens with zero attached hydrogens (tertiary/aromatic N) is 1. The maximum atomic E-state index is 13.2. The first-order chi connectivity index (χ1) is 16.5. The predicted octanol–water partition coefficient (Wildman–Crippen LogP) is 4.78. The Kier molecular flexibility index (Phi) is 4.75. The lowest BCUT2D eigenvalue weighted by atomic mass is 9.42. The maximum Gasteiger partial charge on any atom is 0.311 e. The third-order valence-electron chi connectivity index (χ3n) is 8.75. The van der Waals surface area contributed by atoms with Gasteiger partial charge in [-0.2, -0.15) is 0 Å². The molecule has 174 valence electrons. The monoisotopic (exact) mass is 455 g/mol. The van der Waals surface area contributed by atoms with Crippen LogP contribution in [0.15, 0.2) is 72.8 Å². The Hall–Kier alpha value is -3.31. The molecule has 34 heavy (non-hydrogen) atoms. The van der Waals surface area contributed by atoms with Crippen molar-refractivity contribution in [3.05, 3.63) is 95.1 Å². The number of aliphatic carboxylic acids is 1. The lowest BCUT2D eigenvalue weighted by Gasteiger charge is -2.59. The standard InChI is InChI=1S/C29H29NO4/c1-34-25-12-11-20(15-24(25)31)28-14-13-23(21-9-5-6-10-22(21)28)29(27(32)33)18-30(17-26(28)29)16-19-7-3-2-4-8-19/h2-12,15,23,26,31H,13-14,16-18H2,1H3,(H,32,33). The number of phenolic OH excluding ortho intramolecular Hbond substituents is 1. The molecule has 0 aromatic heterocycles. The highest BCUT2D eigenvalue weighted by atomic mass is 16.5. The SMILES string of the molecule is COc1ccc(C23CCC(c4ccccc42)C2(C(=O)O)CN(Cc4ccccc4)CC32)cc1O. The lowest BCUT2D eigenvalue weighted by Crippen LogP contribution is -2.60. The summed E-state index contributed by atoms with van der Waals surface area (Å²) in [4.78, 5) is 15.5. The molecule has 2 N–H and O–H groups in total. The Morgan fingerprint density at radius 2 is 1.85 bits per heavy atom. The molecular weight excluding hydrogens is 426 g/mol. The van der Waals surface area contributed by atoms with E-state index in [-0.39, 0.29) is 17.6 Å². The van der Waals surface area contributed by atoms with E-state index < -0.39 is 16.8 Å². The van der Waals surface area contributed by atoms with E-state index in [4.69, 9.17) is 4.74 Å². The van der Waals surface area contributed by atoms with Crippen LogP contribution in [0, 0.1) is 11.3 Å². The number of phenols is 1. The molecule has 4 atom stereocenters. The number of likely N-dealkylation sites (tertiary alicyclic amines) is 1. The molecule has 7 rings (SSSR count). The van der Waals surface area contributed by atoms with Gasteiger partial charge in [0.05, 0.1) is 12.5 Å². The molecule has 2 bridgehead atoms. The number of rotatable bonds is 5.